The summed E-state index contributed by atoms with van der Waals surface area (Å²) in [6, 6.07) is 5.91. The maximum absolute atomic E-state index is 13.2. The van der Waals surface area contributed by atoms with Crippen LogP contribution in [-0.4, -0.2) is 71.4 Å². The number of aromatic nitrogens is 2. The zero-order valence-corrected chi connectivity index (χ0v) is 18.8. The second-order valence-electron chi connectivity index (χ2n) is 8.47. The van der Waals surface area contributed by atoms with Crippen molar-refractivity contribution in [1.29, 1.82) is 0 Å². The van der Waals surface area contributed by atoms with Gasteiger partial charge < -0.3 is 9.64 Å². The predicted molar refractivity (Wildman–Crippen MR) is 118 cm³/mol. The average Bonchev–Trinajstić information content (AvgIpc) is 3.09. The second kappa shape index (κ2) is 10.1. The minimum atomic E-state index is -0.326. The van der Waals surface area contributed by atoms with Crippen LogP contribution in [0.1, 0.15) is 41.7 Å². The topological polar surface area (TPSA) is 50.6 Å². The third-order valence-corrected chi connectivity index (χ3v) is 6.73. The highest BCUT2D eigenvalue weighted by Gasteiger charge is 2.29. The molecule has 2 fully saturated rings. The van der Waals surface area contributed by atoms with Gasteiger partial charge in [0.1, 0.15) is 11.0 Å². The number of nitrogens with zero attached hydrogens (tertiary/aromatic N) is 4. The van der Waals surface area contributed by atoms with Crippen molar-refractivity contribution in [3.05, 3.63) is 46.5 Å². The lowest BCUT2D eigenvalue weighted by molar-refractivity contribution is 0.0361. The van der Waals surface area contributed by atoms with E-state index >= 15 is 0 Å². The highest BCUT2D eigenvalue weighted by atomic mass is 35.5. The maximum atomic E-state index is 13.2. The molecule has 4 rings (SSSR count). The van der Waals surface area contributed by atoms with E-state index in [1.165, 1.54) is 29.7 Å². The molecule has 0 radical (unpaired) electrons. The van der Waals surface area contributed by atoms with E-state index in [-0.39, 0.29) is 16.9 Å². The molecule has 2 aromatic rings. The van der Waals surface area contributed by atoms with E-state index < -0.39 is 0 Å². The number of halogens is 2. The molecule has 168 valence electrons. The molecule has 1 amide bonds. The van der Waals surface area contributed by atoms with Crippen molar-refractivity contribution in [2.45, 2.75) is 32.6 Å². The van der Waals surface area contributed by atoms with Crippen molar-refractivity contribution in [1.82, 2.24) is 19.6 Å². The average molecular weight is 449 g/mol. The standard InChI is InChI=1S/C23H30ClFN4O2/c1-17-21(22(24)29(26-17)20-6-4-19(25)5-7-20)23(30)28-11-8-18(9-12-28)3-2-10-27-13-15-31-16-14-27/h4-7,18H,2-3,8-16H2,1H3. The Morgan fingerprint density at radius 3 is 2.52 bits per heavy atom. The first-order valence-corrected chi connectivity index (χ1v) is 11.5. The van der Waals surface area contributed by atoms with Crippen LogP contribution in [0.15, 0.2) is 24.3 Å². The first-order valence-electron chi connectivity index (χ1n) is 11.1. The van der Waals surface area contributed by atoms with E-state index in [1.807, 2.05) is 4.90 Å². The van der Waals surface area contributed by atoms with Gasteiger partial charge in [-0.2, -0.15) is 5.10 Å². The molecule has 0 bridgehead atoms. The van der Waals surface area contributed by atoms with Crippen LogP contribution in [0.3, 0.4) is 0 Å². The minimum absolute atomic E-state index is 0.0670. The third kappa shape index (κ3) is 5.27. The molecule has 2 aliphatic rings. The summed E-state index contributed by atoms with van der Waals surface area (Å²) in [5.74, 6) is 0.277. The number of benzene rings is 1. The quantitative estimate of drug-likeness (QED) is 0.671. The Kier molecular flexibility index (Phi) is 7.25. The van der Waals surface area contributed by atoms with Crippen molar-refractivity contribution < 1.29 is 13.9 Å². The lowest BCUT2D eigenvalue weighted by atomic mass is 9.91. The predicted octanol–water partition coefficient (Wildman–Crippen LogP) is 3.94. The van der Waals surface area contributed by atoms with E-state index in [1.54, 1.807) is 19.1 Å². The van der Waals surface area contributed by atoms with Crippen molar-refractivity contribution in [2.75, 3.05) is 45.9 Å². The lowest BCUT2D eigenvalue weighted by Gasteiger charge is -2.33. The van der Waals surface area contributed by atoms with Crippen LogP contribution in [0.2, 0.25) is 5.15 Å². The normalized spacial score (nSPS) is 18.5. The summed E-state index contributed by atoms with van der Waals surface area (Å²) in [7, 11) is 0. The zero-order valence-electron chi connectivity index (χ0n) is 18.0. The van der Waals surface area contributed by atoms with Crippen molar-refractivity contribution in [3.8, 4) is 5.69 Å². The SMILES string of the molecule is Cc1nn(-c2ccc(F)cc2)c(Cl)c1C(=O)N1CCC(CCCN2CCOCC2)CC1. The monoisotopic (exact) mass is 448 g/mol. The molecule has 0 spiro atoms. The summed E-state index contributed by atoms with van der Waals surface area (Å²) >= 11 is 6.53. The largest absolute Gasteiger partial charge is 0.379 e. The first-order chi connectivity index (χ1) is 15.0. The summed E-state index contributed by atoms with van der Waals surface area (Å²) in [5.41, 5.74) is 1.66. The van der Waals surface area contributed by atoms with Crippen LogP contribution in [-0.2, 0) is 4.74 Å². The smallest absolute Gasteiger partial charge is 0.258 e. The molecule has 2 aliphatic heterocycles. The molecular formula is C23H30ClFN4O2. The third-order valence-electron chi connectivity index (χ3n) is 6.38. The highest BCUT2D eigenvalue weighted by molar-refractivity contribution is 6.33. The fourth-order valence-corrected chi connectivity index (χ4v) is 4.86. The zero-order chi connectivity index (χ0) is 21.8. The van der Waals surface area contributed by atoms with E-state index in [0.717, 1.165) is 58.8 Å². The van der Waals surface area contributed by atoms with Gasteiger partial charge >= 0.3 is 0 Å². The lowest BCUT2D eigenvalue weighted by Crippen LogP contribution is -2.39. The molecule has 1 aromatic carbocycles. The van der Waals surface area contributed by atoms with Crippen LogP contribution in [0.25, 0.3) is 5.69 Å². The molecule has 3 heterocycles. The van der Waals surface area contributed by atoms with Gasteiger partial charge in [0.05, 0.1) is 30.2 Å². The van der Waals surface area contributed by atoms with Gasteiger partial charge in [0.15, 0.2) is 0 Å². The Bertz CT molecular complexity index is 888. The van der Waals surface area contributed by atoms with Crippen LogP contribution in [0, 0.1) is 18.7 Å². The Balaban J connectivity index is 1.32. The summed E-state index contributed by atoms with van der Waals surface area (Å²) < 4.78 is 20.1. The Labute approximate surface area is 187 Å². The van der Waals surface area contributed by atoms with Gasteiger partial charge in [-0.15, -0.1) is 0 Å². The molecule has 0 saturated carbocycles. The summed E-state index contributed by atoms with van der Waals surface area (Å²) in [6.45, 7) is 8.20. The number of hydrogen-bond acceptors (Lipinski definition) is 4. The van der Waals surface area contributed by atoms with Gasteiger partial charge in [0, 0.05) is 26.2 Å². The van der Waals surface area contributed by atoms with Crippen LogP contribution in [0.5, 0.6) is 0 Å². The molecule has 0 N–H and O–H groups in total. The molecule has 8 heteroatoms. The van der Waals surface area contributed by atoms with Gasteiger partial charge in [0.25, 0.3) is 5.91 Å². The number of carbonyl (C=O) groups excluding carboxylic acids is 1. The first kappa shape index (κ1) is 22.2. The van der Waals surface area contributed by atoms with Gasteiger partial charge in [-0.1, -0.05) is 11.6 Å². The van der Waals surface area contributed by atoms with Gasteiger partial charge in [-0.25, -0.2) is 9.07 Å². The molecule has 1 aromatic heterocycles. The summed E-state index contributed by atoms with van der Waals surface area (Å²) in [5, 5.41) is 4.71. The van der Waals surface area contributed by atoms with E-state index in [9.17, 15) is 9.18 Å². The van der Waals surface area contributed by atoms with Crippen LogP contribution >= 0.6 is 11.6 Å². The fraction of sp³-hybridized carbons (Fsp3) is 0.565. The Hall–Kier alpha value is -1.96. The number of hydrogen-bond donors (Lipinski definition) is 0. The van der Waals surface area contributed by atoms with Crippen LogP contribution < -0.4 is 0 Å². The number of piperidine rings is 1. The molecule has 31 heavy (non-hydrogen) atoms. The number of carbonyl (C=O) groups is 1. The molecular weight excluding hydrogens is 419 g/mol. The number of aryl methyl sites for hydroxylation is 1. The van der Waals surface area contributed by atoms with Crippen molar-refractivity contribution in [2.24, 2.45) is 5.92 Å². The molecule has 0 atom stereocenters. The van der Waals surface area contributed by atoms with Crippen molar-refractivity contribution in [3.63, 3.8) is 0 Å². The molecule has 6 nitrogen and oxygen atoms in total. The fourth-order valence-electron chi connectivity index (χ4n) is 4.51. The number of likely N-dealkylation sites (tertiary alicyclic amines) is 1. The maximum Gasteiger partial charge on any atom is 0.258 e. The van der Waals surface area contributed by atoms with Gasteiger partial charge in [0.2, 0.25) is 0 Å². The number of ether oxygens (including phenoxy) is 1. The second-order valence-corrected chi connectivity index (χ2v) is 8.83. The molecule has 2 saturated heterocycles. The highest BCUT2D eigenvalue weighted by Crippen LogP contribution is 2.28. The Morgan fingerprint density at radius 1 is 1.16 bits per heavy atom. The number of morpholine rings is 1. The van der Waals surface area contributed by atoms with E-state index in [4.69, 9.17) is 16.3 Å². The van der Waals surface area contributed by atoms with E-state index in [2.05, 4.69) is 10.00 Å². The summed E-state index contributed by atoms with van der Waals surface area (Å²) in [6.07, 6.45) is 4.46. The van der Waals surface area contributed by atoms with Crippen molar-refractivity contribution >= 4 is 17.5 Å². The molecule has 0 unspecified atom stereocenters. The van der Waals surface area contributed by atoms with E-state index in [0.29, 0.717) is 22.9 Å². The van der Waals surface area contributed by atoms with Crippen LogP contribution in [0.4, 0.5) is 4.39 Å². The minimum Gasteiger partial charge on any atom is -0.379 e. The molecule has 0 aliphatic carbocycles. The number of amides is 1. The number of rotatable bonds is 6. The Morgan fingerprint density at radius 2 is 1.84 bits per heavy atom. The van der Waals surface area contributed by atoms with Gasteiger partial charge in [-0.3, -0.25) is 9.69 Å². The van der Waals surface area contributed by atoms with Gasteiger partial charge in [-0.05, 0) is 69.3 Å². The summed E-state index contributed by atoms with van der Waals surface area (Å²) in [4.78, 5) is 17.5.